The van der Waals surface area contributed by atoms with Crippen molar-refractivity contribution in [3.8, 4) is 44.5 Å². The predicted molar refractivity (Wildman–Crippen MR) is 263 cm³/mol. The van der Waals surface area contributed by atoms with Gasteiger partial charge in [-0.25, -0.2) is 0 Å². The quantitative estimate of drug-likeness (QED) is 0.151. The van der Waals surface area contributed by atoms with Gasteiger partial charge in [0.05, 0.1) is 10.9 Å². The number of benzene rings is 10. The smallest absolute Gasteiger partial charge is 0.0726 e. The van der Waals surface area contributed by atoms with E-state index < -0.39 is 5.41 Å². The molecule has 2 aliphatic rings. The molecule has 0 fully saturated rings. The molecule has 63 heavy (non-hydrogen) atoms. The van der Waals surface area contributed by atoms with Gasteiger partial charge < -0.3 is 9.80 Å². The van der Waals surface area contributed by atoms with Crippen molar-refractivity contribution in [1.82, 2.24) is 0 Å². The summed E-state index contributed by atoms with van der Waals surface area (Å²) in [6.07, 6.45) is 0. The molecule has 12 rings (SSSR count). The first kappa shape index (κ1) is 32.6. The molecule has 0 bridgehead atoms. The summed E-state index contributed by atoms with van der Waals surface area (Å²) in [7, 11) is 0. The fourth-order valence-corrected chi connectivity index (χ4v) is 10.0. The van der Waals surface area contributed by atoms with Gasteiger partial charge in [-0.1, -0.05) is 182 Å². The van der Waals surface area contributed by atoms with E-state index in [-0.39, 0.29) is 35.4 Å². The van der Waals surface area contributed by atoms with Crippen LogP contribution in [0.25, 0.3) is 44.5 Å². The summed E-state index contributed by atoms with van der Waals surface area (Å²) in [5.41, 5.74) is 17.6. The van der Waals surface area contributed by atoms with Crippen LogP contribution in [-0.2, 0) is 5.41 Å². The molecule has 10 aromatic carbocycles. The fraction of sp³-hybridized carbons (Fsp3) is 0.0164. The predicted octanol–water partition coefficient (Wildman–Crippen LogP) is 16.3. The van der Waals surface area contributed by atoms with Crippen molar-refractivity contribution in [2.75, 3.05) is 9.80 Å². The maximum absolute atomic E-state index is 9.24. The minimum atomic E-state index is -0.452. The Labute approximate surface area is 374 Å². The summed E-state index contributed by atoms with van der Waals surface area (Å²) in [5, 5.41) is 0. The first-order valence-electron chi connectivity index (χ1n) is 23.4. The van der Waals surface area contributed by atoms with Gasteiger partial charge in [0, 0.05) is 34.1 Å². The van der Waals surface area contributed by atoms with Crippen LogP contribution < -0.4 is 9.80 Å². The van der Waals surface area contributed by atoms with Gasteiger partial charge in [-0.05, 0) is 140 Å². The molecule has 0 saturated heterocycles. The van der Waals surface area contributed by atoms with Crippen LogP contribution in [-0.4, -0.2) is 0 Å². The highest BCUT2D eigenvalue weighted by Crippen LogP contribution is 2.63. The Kier molecular flexibility index (Phi) is 7.78. The van der Waals surface area contributed by atoms with Crippen LogP contribution >= 0.6 is 0 Å². The van der Waals surface area contributed by atoms with Crippen LogP contribution in [0.3, 0.4) is 0 Å². The van der Waals surface area contributed by atoms with Crippen molar-refractivity contribution in [1.29, 1.82) is 0 Å². The van der Waals surface area contributed by atoms with Crippen molar-refractivity contribution in [2.24, 2.45) is 0 Å². The lowest BCUT2D eigenvalue weighted by Gasteiger charge is -2.32. The van der Waals surface area contributed by atoms with Gasteiger partial charge in [-0.3, -0.25) is 0 Å². The van der Waals surface area contributed by atoms with Crippen LogP contribution in [0.4, 0.5) is 34.1 Å². The van der Waals surface area contributed by atoms with Crippen molar-refractivity contribution in [3.05, 3.63) is 277 Å². The molecule has 0 aromatic heterocycles. The van der Waals surface area contributed by atoms with Crippen LogP contribution in [0.15, 0.2) is 255 Å². The van der Waals surface area contributed by atoms with E-state index in [0.29, 0.717) is 5.56 Å². The third-order valence-electron chi connectivity index (χ3n) is 12.7. The molecule has 2 nitrogen and oxygen atoms in total. The molecule has 2 aliphatic carbocycles. The lowest BCUT2D eigenvalue weighted by molar-refractivity contribution is 0.793. The lowest BCUT2D eigenvalue weighted by Crippen LogP contribution is -2.26. The maximum atomic E-state index is 9.24. The summed E-state index contributed by atoms with van der Waals surface area (Å²) < 4.78 is 36.9. The molecule has 0 saturated carbocycles. The van der Waals surface area contributed by atoms with Gasteiger partial charge in [0.2, 0.25) is 0 Å². The van der Waals surface area contributed by atoms with E-state index in [2.05, 4.69) is 150 Å². The number of anilines is 6. The zero-order chi connectivity index (χ0) is 45.2. The average molecular weight is 807 g/mol. The molecular formula is C61H42N2. The van der Waals surface area contributed by atoms with E-state index in [4.69, 9.17) is 0 Å². The summed E-state index contributed by atoms with van der Waals surface area (Å²) in [4.78, 5) is 4.13. The molecule has 0 unspecified atom stereocenters. The molecule has 2 heteroatoms. The van der Waals surface area contributed by atoms with Gasteiger partial charge in [-0.2, -0.15) is 0 Å². The molecule has 1 spiro atoms. The van der Waals surface area contributed by atoms with Crippen molar-refractivity contribution in [2.45, 2.75) is 5.41 Å². The monoisotopic (exact) mass is 806 g/mol. The second-order valence-corrected chi connectivity index (χ2v) is 16.1. The molecule has 0 aliphatic heterocycles. The molecule has 296 valence electrons. The van der Waals surface area contributed by atoms with Crippen molar-refractivity contribution < 1.29 is 5.48 Å². The van der Waals surface area contributed by atoms with E-state index in [1.807, 2.05) is 84.9 Å². The Hall–Kier alpha value is -8.20. The molecular weight excluding hydrogens is 761 g/mol. The SMILES string of the molecule is [2H]c1c([2H])c(N(c2ccccc2)c2ccccc2)c([2H])c([2H])c1-c1ccc(-c2ccc(N(c3ccccc3)c3ccc4c(c3)C3(c5ccccc5-c5ccccc53)c3ccccc3-4)cc2)cc1. The van der Waals surface area contributed by atoms with E-state index in [1.54, 1.807) is 4.90 Å². The zero-order valence-corrected chi connectivity index (χ0v) is 34.3. The molecule has 10 aromatic rings. The Balaban J connectivity index is 0.909. The first-order chi connectivity index (χ1) is 32.9. The summed E-state index contributed by atoms with van der Waals surface area (Å²) in [6, 6.07) is 79.3. The highest BCUT2D eigenvalue weighted by atomic mass is 15.1. The van der Waals surface area contributed by atoms with Gasteiger partial charge in [0.15, 0.2) is 0 Å². The van der Waals surface area contributed by atoms with Crippen LogP contribution in [0.5, 0.6) is 0 Å². The molecule has 0 amide bonds. The highest BCUT2D eigenvalue weighted by molar-refractivity contribution is 5.96. The van der Waals surface area contributed by atoms with E-state index >= 15 is 0 Å². The number of para-hydroxylation sites is 3. The Bertz CT molecular complexity index is 3370. The number of nitrogens with zero attached hydrogens (tertiary/aromatic N) is 2. The van der Waals surface area contributed by atoms with Crippen LogP contribution in [0, 0.1) is 0 Å². The van der Waals surface area contributed by atoms with E-state index in [1.165, 1.54) is 44.5 Å². The first-order valence-corrected chi connectivity index (χ1v) is 21.4. The maximum Gasteiger partial charge on any atom is 0.0726 e. The second kappa shape index (κ2) is 15.1. The Morgan fingerprint density at radius 2 is 0.587 bits per heavy atom. The number of hydrogen-bond acceptors (Lipinski definition) is 2. The van der Waals surface area contributed by atoms with Crippen molar-refractivity contribution >= 4 is 34.1 Å². The zero-order valence-electron chi connectivity index (χ0n) is 38.3. The minimum Gasteiger partial charge on any atom is -0.311 e. The molecule has 0 N–H and O–H groups in total. The fourth-order valence-electron chi connectivity index (χ4n) is 10.0. The Morgan fingerprint density at radius 1 is 0.254 bits per heavy atom. The van der Waals surface area contributed by atoms with E-state index in [9.17, 15) is 5.48 Å². The number of hydrogen-bond donors (Lipinski definition) is 0. The van der Waals surface area contributed by atoms with Gasteiger partial charge in [-0.15, -0.1) is 0 Å². The number of rotatable bonds is 8. The summed E-state index contributed by atoms with van der Waals surface area (Å²) in [6.45, 7) is 0. The van der Waals surface area contributed by atoms with Crippen molar-refractivity contribution in [3.63, 3.8) is 0 Å². The molecule has 0 atom stereocenters. The average Bonchev–Trinajstić information content (AvgIpc) is 3.86. The third kappa shape index (κ3) is 5.95. The standard InChI is InChI=1S/C61H42N2/c1-4-16-47(17-5-1)62(48-18-6-2-7-19-48)50-36-32-45(33-37-50)43-28-30-44(31-29-43)46-34-38-51(39-35-46)63(49-20-8-3-9-21-49)52-40-41-56-55-24-12-15-27-59(55)61(60(56)42-52)57-25-13-10-22-53(57)54-23-11-14-26-58(54)61/h1-42H/i32D,33D,36D,37D. The summed E-state index contributed by atoms with van der Waals surface area (Å²) in [5.74, 6) is 0. The van der Waals surface area contributed by atoms with Gasteiger partial charge in [0.1, 0.15) is 0 Å². The summed E-state index contributed by atoms with van der Waals surface area (Å²) >= 11 is 0. The highest BCUT2D eigenvalue weighted by Gasteiger charge is 2.51. The molecule has 0 heterocycles. The van der Waals surface area contributed by atoms with E-state index in [0.717, 1.165) is 39.6 Å². The third-order valence-corrected chi connectivity index (χ3v) is 12.7. The number of fused-ring (bicyclic) bond motifs is 10. The topological polar surface area (TPSA) is 6.48 Å². The second-order valence-electron chi connectivity index (χ2n) is 16.1. The lowest BCUT2D eigenvalue weighted by atomic mass is 9.70. The largest absolute Gasteiger partial charge is 0.311 e. The molecule has 0 radical (unpaired) electrons. The minimum absolute atomic E-state index is 0.0892. The van der Waals surface area contributed by atoms with Gasteiger partial charge >= 0.3 is 0 Å². The van der Waals surface area contributed by atoms with Gasteiger partial charge in [0.25, 0.3) is 0 Å². The Morgan fingerprint density at radius 3 is 1.05 bits per heavy atom. The van der Waals surface area contributed by atoms with Crippen LogP contribution in [0.2, 0.25) is 0 Å². The normalized spacial score (nSPS) is 13.5. The van der Waals surface area contributed by atoms with Crippen LogP contribution in [0.1, 0.15) is 27.7 Å².